The second-order valence-corrected chi connectivity index (χ2v) is 6.32. The van der Waals surface area contributed by atoms with Crippen molar-refractivity contribution in [3.05, 3.63) is 30.1 Å². The fourth-order valence-corrected chi connectivity index (χ4v) is 3.33. The van der Waals surface area contributed by atoms with E-state index in [-0.39, 0.29) is 36.5 Å². The van der Waals surface area contributed by atoms with Crippen LogP contribution in [-0.4, -0.2) is 58.4 Å². The molecule has 4 rings (SSSR count). The van der Waals surface area contributed by atoms with E-state index in [1.165, 1.54) is 0 Å². The zero-order chi connectivity index (χ0) is 15.1. The van der Waals surface area contributed by atoms with E-state index in [0.717, 1.165) is 18.4 Å². The Morgan fingerprint density at radius 3 is 2.95 bits per heavy atom. The van der Waals surface area contributed by atoms with Crippen LogP contribution in [0.5, 0.6) is 0 Å². The maximum absolute atomic E-state index is 12.3. The molecule has 3 heterocycles. The van der Waals surface area contributed by atoms with Gasteiger partial charge in [-0.1, -0.05) is 6.07 Å². The average Bonchev–Trinajstić information content (AvgIpc) is 3.29. The molecule has 2 aliphatic heterocycles. The maximum Gasteiger partial charge on any atom is 0.249 e. The Balaban J connectivity index is 1.50. The van der Waals surface area contributed by atoms with Crippen LogP contribution in [0.4, 0.5) is 0 Å². The first-order chi connectivity index (χ1) is 10.7. The molecule has 3 aliphatic rings. The molecule has 2 atom stereocenters. The van der Waals surface area contributed by atoms with Gasteiger partial charge in [0, 0.05) is 37.9 Å². The summed E-state index contributed by atoms with van der Waals surface area (Å²) < 4.78 is 5.66. The van der Waals surface area contributed by atoms with E-state index in [9.17, 15) is 9.59 Å². The Morgan fingerprint density at radius 1 is 1.36 bits per heavy atom. The van der Waals surface area contributed by atoms with E-state index in [1.807, 2.05) is 21.9 Å². The lowest BCUT2D eigenvalue weighted by molar-refractivity contribution is -0.153. The molecule has 0 unspecified atom stereocenters. The van der Waals surface area contributed by atoms with Crippen LogP contribution in [0.25, 0.3) is 0 Å². The van der Waals surface area contributed by atoms with Crippen LogP contribution in [0, 0.1) is 5.92 Å². The summed E-state index contributed by atoms with van der Waals surface area (Å²) in [6, 6.07) is 3.80. The highest BCUT2D eigenvalue weighted by molar-refractivity contribution is 5.82. The predicted molar refractivity (Wildman–Crippen MR) is 77.6 cm³/mol. The number of ether oxygens (including phenoxy) is 1. The van der Waals surface area contributed by atoms with Crippen molar-refractivity contribution in [3.63, 3.8) is 0 Å². The van der Waals surface area contributed by atoms with E-state index in [0.29, 0.717) is 19.6 Å². The number of carbonyl (C=O) groups is 2. The minimum atomic E-state index is -0.0583. The lowest BCUT2D eigenvalue weighted by atomic mass is 10.1. The van der Waals surface area contributed by atoms with Crippen molar-refractivity contribution in [2.75, 3.05) is 19.7 Å². The Hall–Kier alpha value is -1.95. The zero-order valence-corrected chi connectivity index (χ0v) is 12.4. The molecule has 1 aromatic heterocycles. The number of nitrogens with zero attached hydrogens (tertiary/aromatic N) is 3. The van der Waals surface area contributed by atoms with Crippen molar-refractivity contribution < 1.29 is 14.3 Å². The number of morpholine rings is 1. The van der Waals surface area contributed by atoms with Gasteiger partial charge in [0.05, 0.1) is 12.1 Å². The Morgan fingerprint density at radius 2 is 2.23 bits per heavy atom. The minimum Gasteiger partial charge on any atom is -0.364 e. The van der Waals surface area contributed by atoms with Gasteiger partial charge >= 0.3 is 0 Å². The third kappa shape index (κ3) is 2.47. The third-order valence-electron chi connectivity index (χ3n) is 4.69. The Labute approximate surface area is 129 Å². The minimum absolute atomic E-state index is 0.00850. The van der Waals surface area contributed by atoms with Crippen LogP contribution in [0.15, 0.2) is 24.5 Å². The quantitative estimate of drug-likeness (QED) is 0.812. The SMILES string of the molecule is O=C(C1CC1)N1C[C@@H]2OCC(=O)N(Cc3cccnc3)[C@@H]2C1. The van der Waals surface area contributed by atoms with Crippen molar-refractivity contribution in [2.24, 2.45) is 5.92 Å². The van der Waals surface area contributed by atoms with Crippen LogP contribution in [-0.2, 0) is 20.9 Å². The Kier molecular flexibility index (Phi) is 3.33. The molecular weight excluding hydrogens is 282 g/mol. The maximum atomic E-state index is 12.3. The van der Waals surface area contributed by atoms with Crippen LogP contribution >= 0.6 is 0 Å². The van der Waals surface area contributed by atoms with Crippen molar-refractivity contribution >= 4 is 11.8 Å². The molecule has 1 saturated carbocycles. The summed E-state index contributed by atoms with van der Waals surface area (Å²) in [6.45, 7) is 1.83. The molecule has 6 heteroatoms. The van der Waals surface area contributed by atoms with E-state index in [4.69, 9.17) is 4.74 Å². The van der Waals surface area contributed by atoms with Crippen molar-refractivity contribution in [1.82, 2.24) is 14.8 Å². The summed E-state index contributed by atoms with van der Waals surface area (Å²) in [6.07, 6.45) is 5.45. The number of aromatic nitrogens is 1. The van der Waals surface area contributed by atoms with Gasteiger partial charge in [0.25, 0.3) is 0 Å². The summed E-state index contributed by atoms with van der Waals surface area (Å²) in [5.74, 6) is 0.431. The van der Waals surface area contributed by atoms with Gasteiger partial charge in [-0.15, -0.1) is 0 Å². The fourth-order valence-electron chi connectivity index (χ4n) is 3.33. The van der Waals surface area contributed by atoms with Gasteiger partial charge < -0.3 is 14.5 Å². The largest absolute Gasteiger partial charge is 0.364 e. The van der Waals surface area contributed by atoms with E-state index >= 15 is 0 Å². The highest BCUT2D eigenvalue weighted by atomic mass is 16.5. The van der Waals surface area contributed by atoms with Gasteiger partial charge in [0.1, 0.15) is 6.61 Å². The first-order valence-corrected chi connectivity index (χ1v) is 7.81. The molecule has 2 saturated heterocycles. The van der Waals surface area contributed by atoms with Gasteiger partial charge in [-0.2, -0.15) is 0 Å². The molecule has 0 bridgehead atoms. The standard InChI is InChI=1S/C16H19N3O3/c20-15-10-22-14-9-18(16(21)12-3-4-12)8-13(14)19(15)7-11-2-1-5-17-6-11/h1-2,5-6,12-14H,3-4,7-10H2/t13-,14+/m1/s1. The van der Waals surface area contributed by atoms with Gasteiger partial charge in [-0.25, -0.2) is 0 Å². The molecule has 6 nitrogen and oxygen atoms in total. The smallest absolute Gasteiger partial charge is 0.249 e. The Bertz CT molecular complexity index is 588. The van der Waals surface area contributed by atoms with Crippen LogP contribution in [0.3, 0.4) is 0 Å². The van der Waals surface area contributed by atoms with Crippen LogP contribution in [0.1, 0.15) is 18.4 Å². The number of hydrogen-bond donors (Lipinski definition) is 0. The second-order valence-electron chi connectivity index (χ2n) is 6.32. The summed E-state index contributed by atoms with van der Waals surface area (Å²) in [7, 11) is 0. The number of hydrogen-bond acceptors (Lipinski definition) is 4. The third-order valence-corrected chi connectivity index (χ3v) is 4.69. The van der Waals surface area contributed by atoms with Crippen LogP contribution < -0.4 is 0 Å². The molecule has 3 fully saturated rings. The van der Waals surface area contributed by atoms with Gasteiger partial charge in [-0.3, -0.25) is 14.6 Å². The van der Waals surface area contributed by atoms with Crippen molar-refractivity contribution in [2.45, 2.75) is 31.5 Å². The predicted octanol–water partition coefficient (Wildman–Crippen LogP) is 0.430. The monoisotopic (exact) mass is 301 g/mol. The summed E-state index contributed by atoms with van der Waals surface area (Å²) in [5, 5.41) is 0. The fraction of sp³-hybridized carbons (Fsp3) is 0.562. The van der Waals surface area contributed by atoms with E-state index in [1.54, 1.807) is 12.4 Å². The molecule has 116 valence electrons. The molecule has 0 N–H and O–H groups in total. The average molecular weight is 301 g/mol. The van der Waals surface area contributed by atoms with E-state index in [2.05, 4.69) is 4.98 Å². The molecule has 1 aliphatic carbocycles. The molecule has 2 amide bonds. The zero-order valence-electron chi connectivity index (χ0n) is 12.4. The molecule has 22 heavy (non-hydrogen) atoms. The molecule has 0 radical (unpaired) electrons. The number of fused-ring (bicyclic) bond motifs is 1. The summed E-state index contributed by atoms with van der Waals surface area (Å²) in [4.78, 5) is 32.3. The molecule has 0 spiro atoms. The lowest BCUT2D eigenvalue weighted by Crippen LogP contribution is -2.53. The number of carbonyl (C=O) groups excluding carboxylic acids is 2. The number of pyridine rings is 1. The summed E-state index contributed by atoms with van der Waals surface area (Å²) in [5.41, 5.74) is 1.00. The number of likely N-dealkylation sites (tertiary alicyclic amines) is 1. The first-order valence-electron chi connectivity index (χ1n) is 7.81. The first kappa shape index (κ1) is 13.7. The van der Waals surface area contributed by atoms with Crippen molar-refractivity contribution in [3.8, 4) is 0 Å². The lowest BCUT2D eigenvalue weighted by Gasteiger charge is -2.36. The van der Waals surface area contributed by atoms with E-state index < -0.39 is 0 Å². The van der Waals surface area contributed by atoms with Gasteiger partial charge in [0.15, 0.2) is 0 Å². The molecular formula is C16H19N3O3. The normalized spacial score (nSPS) is 27.9. The summed E-state index contributed by atoms with van der Waals surface area (Å²) >= 11 is 0. The highest BCUT2D eigenvalue weighted by Crippen LogP contribution is 2.34. The molecule has 1 aromatic rings. The van der Waals surface area contributed by atoms with Crippen molar-refractivity contribution in [1.29, 1.82) is 0 Å². The van der Waals surface area contributed by atoms with Gasteiger partial charge in [-0.05, 0) is 24.5 Å². The second kappa shape index (κ2) is 5.35. The number of amides is 2. The highest BCUT2D eigenvalue weighted by Gasteiger charge is 2.46. The topological polar surface area (TPSA) is 62.7 Å². The van der Waals surface area contributed by atoms with Gasteiger partial charge in [0.2, 0.25) is 11.8 Å². The molecule has 0 aromatic carbocycles. The van der Waals surface area contributed by atoms with Crippen LogP contribution in [0.2, 0.25) is 0 Å². The number of rotatable bonds is 3.